The number of methoxy groups -OCH3 is 2. The summed E-state index contributed by atoms with van der Waals surface area (Å²) in [7, 11) is 2.86. The van der Waals surface area contributed by atoms with Crippen molar-refractivity contribution in [3.05, 3.63) is 46.2 Å². The minimum Gasteiger partial charge on any atom is -0.502 e. The molecule has 1 heterocycles. The molecule has 7 nitrogen and oxygen atoms in total. The highest BCUT2D eigenvalue weighted by atomic mass is 79.9. The van der Waals surface area contributed by atoms with Gasteiger partial charge in [0.25, 0.3) is 5.91 Å². The normalized spacial score (nSPS) is 10.6. The predicted molar refractivity (Wildman–Crippen MR) is 88.2 cm³/mol. The average molecular weight is 380 g/mol. The summed E-state index contributed by atoms with van der Waals surface area (Å²) in [5.74, 6) is -0.00853. The number of rotatable bonds is 5. The Labute approximate surface area is 141 Å². The predicted octanol–water partition coefficient (Wildman–Crippen LogP) is 2.33. The Morgan fingerprint density at radius 2 is 1.91 bits per heavy atom. The zero-order chi connectivity index (χ0) is 16.8. The molecule has 23 heavy (non-hydrogen) atoms. The Bertz CT molecular complexity index is 724. The number of benzene rings is 1. The molecule has 8 heteroatoms. The number of aromatic hydroxyl groups is 1. The van der Waals surface area contributed by atoms with E-state index in [0.29, 0.717) is 15.6 Å². The molecule has 0 saturated heterocycles. The van der Waals surface area contributed by atoms with E-state index < -0.39 is 5.91 Å². The van der Waals surface area contributed by atoms with Gasteiger partial charge in [-0.3, -0.25) is 9.78 Å². The van der Waals surface area contributed by atoms with Crippen LogP contribution in [-0.4, -0.2) is 36.4 Å². The van der Waals surface area contributed by atoms with Gasteiger partial charge >= 0.3 is 0 Å². The van der Waals surface area contributed by atoms with Crippen molar-refractivity contribution in [2.75, 3.05) is 14.2 Å². The minimum atomic E-state index is -0.396. The third-order valence-corrected chi connectivity index (χ3v) is 3.28. The number of phenols is 1. The molecule has 0 aliphatic rings. The van der Waals surface area contributed by atoms with Gasteiger partial charge in [-0.2, -0.15) is 5.10 Å². The average Bonchev–Trinajstić information content (AvgIpc) is 2.55. The lowest BCUT2D eigenvalue weighted by Gasteiger charge is -2.09. The molecular formula is C15H14BrN3O4. The molecule has 0 radical (unpaired) electrons. The third-order valence-electron chi connectivity index (χ3n) is 2.85. The van der Waals surface area contributed by atoms with Crippen LogP contribution in [0.25, 0.3) is 0 Å². The van der Waals surface area contributed by atoms with Gasteiger partial charge in [0.05, 0.1) is 26.0 Å². The Morgan fingerprint density at radius 3 is 2.48 bits per heavy atom. The maximum atomic E-state index is 11.9. The van der Waals surface area contributed by atoms with E-state index in [9.17, 15) is 9.90 Å². The van der Waals surface area contributed by atoms with Gasteiger partial charge in [0, 0.05) is 22.4 Å². The first-order valence-electron chi connectivity index (χ1n) is 6.44. The second-order valence-corrected chi connectivity index (χ2v) is 5.28. The number of amides is 1. The number of aromatic nitrogens is 1. The van der Waals surface area contributed by atoms with Gasteiger partial charge in [-0.05, 0) is 34.1 Å². The maximum absolute atomic E-state index is 11.9. The molecule has 1 amide bonds. The first-order chi connectivity index (χ1) is 11.0. The topological polar surface area (TPSA) is 93.0 Å². The van der Waals surface area contributed by atoms with Gasteiger partial charge in [0.15, 0.2) is 11.5 Å². The number of nitrogens with zero attached hydrogens (tertiary/aromatic N) is 2. The van der Waals surface area contributed by atoms with E-state index in [2.05, 4.69) is 31.4 Å². The van der Waals surface area contributed by atoms with Crippen LogP contribution in [0.15, 0.2) is 40.2 Å². The highest BCUT2D eigenvalue weighted by Crippen LogP contribution is 2.36. The number of halogens is 1. The molecule has 2 N–H and O–H groups in total. The Kier molecular flexibility index (Phi) is 5.53. The molecule has 0 saturated carbocycles. The summed E-state index contributed by atoms with van der Waals surface area (Å²) >= 11 is 3.24. The smallest absolute Gasteiger partial charge is 0.272 e. The van der Waals surface area contributed by atoms with Gasteiger partial charge in [-0.25, -0.2) is 5.43 Å². The summed E-state index contributed by atoms with van der Waals surface area (Å²) in [5, 5.41) is 13.7. The minimum absolute atomic E-state index is 0.101. The first-order valence-corrected chi connectivity index (χ1v) is 7.23. The van der Waals surface area contributed by atoms with Crippen molar-refractivity contribution in [1.82, 2.24) is 10.4 Å². The SMILES string of the molecule is COc1cc(/C=N/NC(=O)c2cncc(Br)c2)cc(OC)c1O. The van der Waals surface area contributed by atoms with E-state index >= 15 is 0 Å². The number of phenolic OH excluding ortho intramolecular Hbond substituents is 1. The molecule has 1 aromatic carbocycles. The summed E-state index contributed by atoms with van der Waals surface area (Å²) in [6.07, 6.45) is 4.42. The lowest BCUT2D eigenvalue weighted by molar-refractivity contribution is 0.0954. The Balaban J connectivity index is 2.13. The molecule has 2 rings (SSSR count). The molecule has 0 bridgehead atoms. The number of nitrogens with one attached hydrogen (secondary N) is 1. The van der Waals surface area contributed by atoms with E-state index in [-0.39, 0.29) is 17.2 Å². The van der Waals surface area contributed by atoms with E-state index in [0.717, 1.165) is 0 Å². The number of carbonyl (C=O) groups excluding carboxylic acids is 1. The second kappa shape index (κ2) is 7.59. The van der Waals surface area contributed by atoms with Crippen molar-refractivity contribution in [2.24, 2.45) is 5.10 Å². The fraction of sp³-hybridized carbons (Fsp3) is 0.133. The quantitative estimate of drug-likeness (QED) is 0.614. The fourth-order valence-electron chi connectivity index (χ4n) is 1.75. The summed E-state index contributed by atoms with van der Waals surface area (Å²) in [6.45, 7) is 0. The van der Waals surface area contributed by atoms with Crippen molar-refractivity contribution in [3.8, 4) is 17.2 Å². The van der Waals surface area contributed by atoms with Crippen molar-refractivity contribution < 1.29 is 19.4 Å². The maximum Gasteiger partial charge on any atom is 0.272 e. The largest absolute Gasteiger partial charge is 0.502 e. The summed E-state index contributed by atoms with van der Waals surface area (Å²) in [4.78, 5) is 15.8. The van der Waals surface area contributed by atoms with Crippen LogP contribution in [0.2, 0.25) is 0 Å². The van der Waals surface area contributed by atoms with Gasteiger partial charge in [0.1, 0.15) is 0 Å². The van der Waals surface area contributed by atoms with Crippen molar-refractivity contribution in [2.45, 2.75) is 0 Å². The van der Waals surface area contributed by atoms with Crippen molar-refractivity contribution in [3.63, 3.8) is 0 Å². The van der Waals surface area contributed by atoms with Gasteiger partial charge in [-0.15, -0.1) is 0 Å². The molecule has 0 fully saturated rings. The second-order valence-electron chi connectivity index (χ2n) is 4.36. The molecule has 120 valence electrons. The molecular weight excluding hydrogens is 366 g/mol. The van der Waals surface area contributed by atoms with Crippen LogP contribution in [0.3, 0.4) is 0 Å². The van der Waals surface area contributed by atoms with Crippen molar-refractivity contribution >= 4 is 28.1 Å². The zero-order valence-electron chi connectivity index (χ0n) is 12.4. The van der Waals surface area contributed by atoms with Gasteiger partial charge in [-0.1, -0.05) is 0 Å². The standard InChI is InChI=1S/C15H14BrN3O4/c1-22-12-3-9(4-13(23-2)14(12)20)6-18-19-15(21)10-5-11(16)8-17-7-10/h3-8,20H,1-2H3,(H,19,21)/b18-6+. The molecule has 0 spiro atoms. The number of pyridine rings is 1. The molecule has 1 aromatic heterocycles. The Morgan fingerprint density at radius 1 is 1.26 bits per heavy atom. The highest BCUT2D eigenvalue weighted by Gasteiger charge is 2.10. The first kappa shape index (κ1) is 16.8. The van der Waals surface area contributed by atoms with Crippen LogP contribution >= 0.6 is 15.9 Å². The van der Waals surface area contributed by atoms with Crippen LogP contribution in [0, 0.1) is 0 Å². The van der Waals surface area contributed by atoms with Crippen LogP contribution < -0.4 is 14.9 Å². The lowest BCUT2D eigenvalue weighted by Crippen LogP contribution is -2.17. The molecule has 2 aromatic rings. The molecule has 0 aliphatic carbocycles. The number of hydrogen-bond donors (Lipinski definition) is 2. The van der Waals surface area contributed by atoms with Crippen molar-refractivity contribution in [1.29, 1.82) is 0 Å². The monoisotopic (exact) mass is 379 g/mol. The van der Waals surface area contributed by atoms with Crippen LogP contribution in [0.4, 0.5) is 0 Å². The van der Waals surface area contributed by atoms with E-state index in [1.54, 1.807) is 24.4 Å². The van der Waals surface area contributed by atoms with E-state index in [1.165, 1.54) is 26.6 Å². The lowest BCUT2D eigenvalue weighted by atomic mass is 10.2. The van der Waals surface area contributed by atoms with Gasteiger partial charge < -0.3 is 14.6 Å². The fourth-order valence-corrected chi connectivity index (χ4v) is 2.12. The highest BCUT2D eigenvalue weighted by molar-refractivity contribution is 9.10. The molecule has 0 aliphatic heterocycles. The number of hydrazone groups is 1. The van der Waals surface area contributed by atoms with E-state index in [4.69, 9.17) is 9.47 Å². The van der Waals surface area contributed by atoms with Gasteiger partial charge in [0.2, 0.25) is 5.75 Å². The number of ether oxygens (including phenoxy) is 2. The molecule has 0 unspecified atom stereocenters. The van der Waals surface area contributed by atoms with E-state index in [1.807, 2.05) is 0 Å². The molecule has 0 atom stereocenters. The summed E-state index contributed by atoms with van der Waals surface area (Å²) in [5.41, 5.74) is 3.35. The number of hydrogen-bond acceptors (Lipinski definition) is 6. The van der Waals surface area contributed by atoms with Crippen LogP contribution in [0.1, 0.15) is 15.9 Å². The summed E-state index contributed by atoms with van der Waals surface area (Å²) < 4.78 is 10.8. The van der Waals surface area contributed by atoms with Crippen LogP contribution in [0.5, 0.6) is 17.2 Å². The van der Waals surface area contributed by atoms with Crippen LogP contribution in [-0.2, 0) is 0 Å². The Hall–Kier alpha value is -2.61. The summed E-state index contributed by atoms with van der Waals surface area (Å²) in [6, 6.07) is 4.76. The number of carbonyl (C=O) groups is 1. The zero-order valence-corrected chi connectivity index (χ0v) is 14.0. The third kappa shape index (κ3) is 4.19.